The SMILES string of the molecule is CC/C=C\C/C=C\C/C=C\C/C=C\C/C=C\C/C=C\CCC(=O)OCC(COC1OC(C(=O)O)C(O)C(O)C1OC(=O)CCCCCC/C=C\C/C=C\C/C=C\C/C=C\CC)OC(=O)CCCC/C=C\C/C=C\C/C=C\C/C=C\CC. The van der Waals surface area contributed by atoms with Crippen LogP contribution in [0.1, 0.15) is 188 Å². The molecule has 0 amide bonds. The highest BCUT2D eigenvalue weighted by Gasteiger charge is 2.50. The second-order valence-electron chi connectivity index (χ2n) is 19.5. The molecule has 0 spiro atoms. The number of aliphatic carboxylic acids is 1. The van der Waals surface area contributed by atoms with Gasteiger partial charge in [-0.25, -0.2) is 4.79 Å². The first kappa shape index (κ1) is 73.1. The molecular weight excluding hydrogens is 1020 g/mol. The first-order chi connectivity index (χ1) is 39.6. The molecule has 1 aliphatic rings. The maximum Gasteiger partial charge on any atom is 0.335 e. The molecule has 0 saturated carbocycles. The standard InChI is InChI=1S/C69H102O12/c1-4-7-10-13-16-19-22-25-28-30-31-33-35-37-40-43-46-49-52-55-61(70)77-58-60(79-62(71)56-53-50-47-44-41-38-34-27-24-21-18-15-12-9-6-3)59-78-69-67(65(74)64(73)66(81-69)68(75)76)80-63(72)57-54-51-48-45-42-39-36-32-29-26-23-20-17-14-11-8-5-2/h7-12,16-21,25-29,31,33-34,36-37,39-41,44,46,49,60,64-67,69,73-74H,4-6,13-15,22-24,30,32,35,38,42-43,45,47-48,50-59H2,1-3H3,(H,75,76)/b10-7-,11-8-,12-9-,19-16-,20-17-,21-18-,28-25-,29-26-,33-31-,34-27-,39-36-,40-37-,44-41-,49-46-. The monoisotopic (exact) mass is 1120 g/mol. The van der Waals surface area contributed by atoms with Crippen LogP contribution in [0.4, 0.5) is 0 Å². The molecule has 3 N–H and O–H groups in total. The molecule has 12 nitrogen and oxygen atoms in total. The summed E-state index contributed by atoms with van der Waals surface area (Å²) in [6.07, 6.45) is 69.0. The Morgan fingerprint density at radius 1 is 0.407 bits per heavy atom. The van der Waals surface area contributed by atoms with Crippen molar-refractivity contribution in [1.29, 1.82) is 0 Å². The summed E-state index contributed by atoms with van der Waals surface area (Å²) < 4.78 is 28.3. The van der Waals surface area contributed by atoms with Crippen LogP contribution in [0.3, 0.4) is 0 Å². The molecule has 450 valence electrons. The molecule has 1 fully saturated rings. The number of carbonyl (C=O) groups is 4. The van der Waals surface area contributed by atoms with Crippen molar-refractivity contribution in [2.75, 3.05) is 13.2 Å². The highest BCUT2D eigenvalue weighted by molar-refractivity contribution is 5.74. The molecule has 0 bridgehead atoms. The topological polar surface area (TPSA) is 175 Å². The van der Waals surface area contributed by atoms with E-state index in [4.69, 9.17) is 23.7 Å². The van der Waals surface area contributed by atoms with E-state index in [1.807, 2.05) is 12.2 Å². The molecule has 12 heteroatoms. The van der Waals surface area contributed by atoms with Crippen molar-refractivity contribution in [3.05, 3.63) is 170 Å². The van der Waals surface area contributed by atoms with E-state index in [1.165, 1.54) is 0 Å². The van der Waals surface area contributed by atoms with Gasteiger partial charge in [0.05, 0.1) is 6.61 Å². The molecule has 6 unspecified atom stereocenters. The zero-order valence-electron chi connectivity index (χ0n) is 49.4. The molecule has 0 aromatic heterocycles. The summed E-state index contributed by atoms with van der Waals surface area (Å²) >= 11 is 0. The van der Waals surface area contributed by atoms with Crippen LogP contribution in [0.5, 0.6) is 0 Å². The van der Waals surface area contributed by atoms with Crippen LogP contribution < -0.4 is 0 Å². The zero-order valence-corrected chi connectivity index (χ0v) is 49.4. The minimum Gasteiger partial charge on any atom is -0.479 e. The first-order valence-electron chi connectivity index (χ1n) is 30.1. The molecule has 6 atom stereocenters. The number of unbranched alkanes of at least 4 members (excludes halogenated alkanes) is 6. The van der Waals surface area contributed by atoms with E-state index in [2.05, 4.69) is 179 Å². The Labute approximate surface area is 487 Å². The lowest BCUT2D eigenvalue weighted by molar-refractivity contribution is -0.301. The Morgan fingerprint density at radius 2 is 0.765 bits per heavy atom. The van der Waals surface area contributed by atoms with Crippen LogP contribution in [-0.2, 0) is 42.9 Å². The van der Waals surface area contributed by atoms with Gasteiger partial charge in [0.1, 0.15) is 18.8 Å². The number of esters is 3. The summed E-state index contributed by atoms with van der Waals surface area (Å²) in [7, 11) is 0. The van der Waals surface area contributed by atoms with Crippen LogP contribution in [0.15, 0.2) is 170 Å². The third-order valence-corrected chi connectivity index (χ3v) is 12.3. The number of carboxylic acids is 1. The number of carboxylic acid groups (broad SMARTS) is 1. The molecule has 1 rings (SSSR count). The van der Waals surface area contributed by atoms with Crippen LogP contribution in [0.25, 0.3) is 0 Å². The summed E-state index contributed by atoms with van der Waals surface area (Å²) in [5, 5.41) is 31.5. The van der Waals surface area contributed by atoms with Gasteiger partial charge in [-0.3, -0.25) is 14.4 Å². The lowest BCUT2D eigenvalue weighted by atomic mass is 9.98. The maximum atomic E-state index is 13.1. The fourth-order valence-corrected chi connectivity index (χ4v) is 7.78. The predicted molar refractivity (Wildman–Crippen MR) is 330 cm³/mol. The third kappa shape index (κ3) is 44.4. The van der Waals surface area contributed by atoms with E-state index in [9.17, 15) is 34.5 Å². The zero-order chi connectivity index (χ0) is 58.9. The largest absolute Gasteiger partial charge is 0.479 e. The number of carbonyl (C=O) groups excluding carboxylic acids is 3. The number of allylic oxidation sites excluding steroid dienone is 28. The average Bonchev–Trinajstić information content (AvgIpc) is 3.53. The molecule has 1 saturated heterocycles. The van der Waals surface area contributed by atoms with Gasteiger partial charge in [0, 0.05) is 19.3 Å². The minimum absolute atomic E-state index is 0.00933. The van der Waals surface area contributed by atoms with Crippen molar-refractivity contribution in [1.82, 2.24) is 0 Å². The van der Waals surface area contributed by atoms with E-state index in [-0.39, 0.29) is 25.9 Å². The van der Waals surface area contributed by atoms with Gasteiger partial charge in [-0.2, -0.15) is 0 Å². The van der Waals surface area contributed by atoms with Gasteiger partial charge in [-0.05, 0) is 135 Å². The van der Waals surface area contributed by atoms with Crippen molar-refractivity contribution in [2.24, 2.45) is 0 Å². The number of aliphatic hydroxyl groups is 2. The number of hydrogen-bond acceptors (Lipinski definition) is 11. The lowest BCUT2D eigenvalue weighted by Crippen LogP contribution is -2.61. The van der Waals surface area contributed by atoms with Crippen LogP contribution >= 0.6 is 0 Å². The number of hydrogen-bond donors (Lipinski definition) is 3. The fourth-order valence-electron chi connectivity index (χ4n) is 7.78. The molecule has 0 aromatic carbocycles. The Morgan fingerprint density at radius 3 is 1.19 bits per heavy atom. The van der Waals surface area contributed by atoms with Gasteiger partial charge in [0.15, 0.2) is 24.6 Å². The molecule has 1 aliphatic heterocycles. The molecule has 1 heterocycles. The summed E-state index contributed by atoms with van der Waals surface area (Å²) in [5.74, 6) is -3.36. The van der Waals surface area contributed by atoms with Crippen LogP contribution in [0, 0.1) is 0 Å². The summed E-state index contributed by atoms with van der Waals surface area (Å²) in [4.78, 5) is 51.2. The predicted octanol–water partition coefficient (Wildman–Crippen LogP) is 15.9. The van der Waals surface area contributed by atoms with Crippen molar-refractivity contribution >= 4 is 23.9 Å². The van der Waals surface area contributed by atoms with Crippen LogP contribution in [0.2, 0.25) is 0 Å². The quantitative estimate of drug-likeness (QED) is 0.0228. The first-order valence-corrected chi connectivity index (χ1v) is 30.1. The minimum atomic E-state index is -1.94. The van der Waals surface area contributed by atoms with E-state index in [0.29, 0.717) is 25.7 Å². The van der Waals surface area contributed by atoms with Gasteiger partial charge in [0.2, 0.25) is 0 Å². The van der Waals surface area contributed by atoms with Crippen molar-refractivity contribution in [3.8, 4) is 0 Å². The highest BCUT2D eigenvalue weighted by Crippen LogP contribution is 2.26. The second kappa shape index (κ2) is 54.7. The van der Waals surface area contributed by atoms with Gasteiger partial charge in [0.25, 0.3) is 0 Å². The molecular formula is C69H102O12. The van der Waals surface area contributed by atoms with Gasteiger partial charge in [-0.1, -0.05) is 204 Å². The smallest absolute Gasteiger partial charge is 0.335 e. The number of aliphatic hydroxyl groups excluding tert-OH is 2. The van der Waals surface area contributed by atoms with Gasteiger partial charge < -0.3 is 39.0 Å². The molecule has 0 radical (unpaired) electrons. The van der Waals surface area contributed by atoms with E-state index < -0.39 is 67.3 Å². The normalized spacial score (nSPS) is 19.0. The fraction of sp³-hybridized carbons (Fsp3) is 0.536. The number of ether oxygens (including phenoxy) is 5. The molecule has 81 heavy (non-hydrogen) atoms. The highest BCUT2D eigenvalue weighted by atomic mass is 16.7. The van der Waals surface area contributed by atoms with Crippen molar-refractivity contribution < 1.29 is 58.2 Å². The summed E-state index contributed by atoms with van der Waals surface area (Å²) in [5.41, 5.74) is 0. The lowest BCUT2D eigenvalue weighted by Gasteiger charge is -2.40. The Kier molecular flexibility index (Phi) is 49.3. The molecule has 0 aliphatic carbocycles. The van der Waals surface area contributed by atoms with E-state index in [0.717, 1.165) is 122 Å². The number of rotatable bonds is 48. The van der Waals surface area contributed by atoms with Gasteiger partial charge in [-0.15, -0.1) is 0 Å². The third-order valence-electron chi connectivity index (χ3n) is 12.3. The van der Waals surface area contributed by atoms with E-state index in [1.54, 1.807) is 0 Å². The summed E-state index contributed by atoms with van der Waals surface area (Å²) in [6, 6.07) is 0. The maximum absolute atomic E-state index is 13.1. The molecule has 0 aromatic rings. The summed E-state index contributed by atoms with van der Waals surface area (Å²) in [6.45, 7) is 5.52. The Hall–Kier alpha value is -5.92. The van der Waals surface area contributed by atoms with Crippen LogP contribution in [-0.4, -0.2) is 89.2 Å². The van der Waals surface area contributed by atoms with E-state index >= 15 is 0 Å². The van der Waals surface area contributed by atoms with Crippen molar-refractivity contribution in [3.63, 3.8) is 0 Å². The second-order valence-corrected chi connectivity index (χ2v) is 19.5. The van der Waals surface area contributed by atoms with Gasteiger partial charge >= 0.3 is 23.9 Å². The Bertz CT molecular complexity index is 2060. The Balaban J connectivity index is 2.79. The van der Waals surface area contributed by atoms with Crippen molar-refractivity contribution in [2.45, 2.75) is 225 Å². The average molecular weight is 1120 g/mol.